The highest BCUT2D eigenvalue weighted by Gasteiger charge is 2.00. The van der Waals surface area contributed by atoms with Gasteiger partial charge in [0, 0.05) is 16.6 Å². The number of Topliss-reactive ketones (excluding diaryl/α,β-unsaturated/α-hetero) is 1. The van der Waals surface area contributed by atoms with Crippen molar-refractivity contribution in [3.8, 4) is 0 Å². The Labute approximate surface area is 86.5 Å². The number of carbonyl (C=O) groups is 1. The Morgan fingerprint density at radius 1 is 1.46 bits per heavy atom. The lowest BCUT2D eigenvalue weighted by Crippen LogP contribution is -2.12. The van der Waals surface area contributed by atoms with Crippen LogP contribution in [0.2, 0.25) is 0 Å². The van der Waals surface area contributed by atoms with Gasteiger partial charge in [-0.05, 0) is 28.1 Å². The number of benzene rings is 1. The minimum Gasteiger partial charge on any atom is -0.377 e. The Balaban J connectivity index is 2.54. The zero-order valence-electron chi connectivity index (χ0n) is 7.51. The fourth-order valence-corrected chi connectivity index (χ4v) is 1.35. The Kier molecular flexibility index (Phi) is 3.96. The average molecular weight is 242 g/mol. The van der Waals surface area contributed by atoms with Crippen LogP contribution in [0.25, 0.3) is 0 Å². The van der Waals surface area contributed by atoms with Gasteiger partial charge in [0.1, 0.15) is 0 Å². The standard InChI is InChI=1S/C10H12BrNO/c1-2-8(13)7-12-10-6-4-3-5-9(10)11/h3-6,12H,2,7H2,1H3. The summed E-state index contributed by atoms with van der Waals surface area (Å²) in [5, 5.41) is 3.07. The van der Waals surface area contributed by atoms with Crippen LogP contribution in [0.4, 0.5) is 5.69 Å². The van der Waals surface area contributed by atoms with E-state index in [2.05, 4.69) is 21.2 Å². The molecule has 0 bridgehead atoms. The van der Waals surface area contributed by atoms with E-state index in [1.165, 1.54) is 0 Å². The van der Waals surface area contributed by atoms with Crippen LogP contribution in [-0.4, -0.2) is 12.3 Å². The van der Waals surface area contributed by atoms with Crippen molar-refractivity contribution in [1.82, 2.24) is 0 Å². The second-order valence-electron chi connectivity index (χ2n) is 2.73. The van der Waals surface area contributed by atoms with Gasteiger partial charge in [-0.1, -0.05) is 19.1 Å². The maximum Gasteiger partial charge on any atom is 0.151 e. The van der Waals surface area contributed by atoms with Crippen LogP contribution in [0, 0.1) is 0 Å². The summed E-state index contributed by atoms with van der Waals surface area (Å²) >= 11 is 3.39. The Hall–Kier alpha value is -0.830. The molecule has 2 nitrogen and oxygen atoms in total. The molecule has 0 radical (unpaired) electrons. The molecule has 0 spiro atoms. The number of ketones is 1. The smallest absolute Gasteiger partial charge is 0.151 e. The van der Waals surface area contributed by atoms with Crippen LogP contribution in [0.5, 0.6) is 0 Å². The largest absolute Gasteiger partial charge is 0.377 e. The van der Waals surface area contributed by atoms with Crippen LogP contribution >= 0.6 is 15.9 Å². The van der Waals surface area contributed by atoms with E-state index < -0.39 is 0 Å². The second-order valence-corrected chi connectivity index (χ2v) is 3.58. The predicted molar refractivity (Wildman–Crippen MR) is 57.9 cm³/mol. The molecule has 70 valence electrons. The molecule has 1 aromatic rings. The van der Waals surface area contributed by atoms with Crippen LogP contribution < -0.4 is 5.32 Å². The van der Waals surface area contributed by atoms with Gasteiger partial charge in [0.05, 0.1) is 6.54 Å². The first-order valence-electron chi connectivity index (χ1n) is 4.24. The molecule has 0 heterocycles. The molecule has 0 atom stereocenters. The topological polar surface area (TPSA) is 29.1 Å². The summed E-state index contributed by atoms with van der Waals surface area (Å²) in [6.07, 6.45) is 0.581. The summed E-state index contributed by atoms with van der Waals surface area (Å²) in [5.74, 6) is 0.218. The normalized spacial score (nSPS) is 9.69. The predicted octanol–water partition coefficient (Wildman–Crippen LogP) is 2.84. The summed E-state index contributed by atoms with van der Waals surface area (Å²) in [6, 6.07) is 7.76. The molecule has 0 aliphatic heterocycles. The minimum absolute atomic E-state index is 0.218. The fraction of sp³-hybridized carbons (Fsp3) is 0.300. The van der Waals surface area contributed by atoms with Crippen LogP contribution in [-0.2, 0) is 4.79 Å². The SMILES string of the molecule is CCC(=O)CNc1ccccc1Br. The van der Waals surface area contributed by atoms with Crippen molar-refractivity contribution in [1.29, 1.82) is 0 Å². The number of anilines is 1. The van der Waals surface area contributed by atoms with Crippen LogP contribution in [0.15, 0.2) is 28.7 Å². The third kappa shape index (κ3) is 3.19. The molecule has 0 aliphatic rings. The number of halogens is 1. The second kappa shape index (κ2) is 5.02. The molecular weight excluding hydrogens is 230 g/mol. The first-order valence-corrected chi connectivity index (χ1v) is 5.03. The minimum atomic E-state index is 0.218. The average Bonchev–Trinajstić information content (AvgIpc) is 2.16. The molecule has 0 aromatic heterocycles. The molecule has 1 rings (SSSR count). The maximum atomic E-state index is 11.0. The van der Waals surface area contributed by atoms with Gasteiger partial charge in [-0.2, -0.15) is 0 Å². The Bertz CT molecular complexity index is 299. The quantitative estimate of drug-likeness (QED) is 0.879. The lowest BCUT2D eigenvalue weighted by atomic mass is 10.3. The van der Waals surface area contributed by atoms with Crippen LogP contribution in [0.3, 0.4) is 0 Å². The van der Waals surface area contributed by atoms with Crippen molar-refractivity contribution in [2.24, 2.45) is 0 Å². The number of nitrogens with one attached hydrogen (secondary N) is 1. The number of hydrogen-bond acceptors (Lipinski definition) is 2. The number of carbonyl (C=O) groups excluding carboxylic acids is 1. The van der Waals surface area contributed by atoms with Gasteiger partial charge in [0.15, 0.2) is 5.78 Å². The van der Waals surface area contributed by atoms with Crippen molar-refractivity contribution < 1.29 is 4.79 Å². The molecule has 3 heteroatoms. The van der Waals surface area contributed by atoms with E-state index in [-0.39, 0.29) is 5.78 Å². The van der Waals surface area contributed by atoms with Crippen molar-refractivity contribution >= 4 is 27.4 Å². The molecule has 0 amide bonds. The van der Waals surface area contributed by atoms with Crippen molar-refractivity contribution in [2.45, 2.75) is 13.3 Å². The zero-order valence-corrected chi connectivity index (χ0v) is 9.10. The van der Waals surface area contributed by atoms with E-state index in [0.717, 1.165) is 10.2 Å². The number of rotatable bonds is 4. The molecule has 1 aromatic carbocycles. The summed E-state index contributed by atoms with van der Waals surface area (Å²) < 4.78 is 0.985. The van der Waals surface area contributed by atoms with E-state index >= 15 is 0 Å². The van der Waals surface area contributed by atoms with Gasteiger partial charge in [-0.3, -0.25) is 4.79 Å². The van der Waals surface area contributed by atoms with Crippen LogP contribution in [0.1, 0.15) is 13.3 Å². The maximum absolute atomic E-state index is 11.0. The van der Waals surface area contributed by atoms with Gasteiger partial charge in [-0.25, -0.2) is 0 Å². The molecule has 13 heavy (non-hydrogen) atoms. The highest BCUT2D eigenvalue weighted by molar-refractivity contribution is 9.10. The van der Waals surface area contributed by atoms with Crippen molar-refractivity contribution in [3.63, 3.8) is 0 Å². The molecular formula is C10H12BrNO. The first kappa shape index (κ1) is 10.3. The third-order valence-electron chi connectivity index (χ3n) is 1.74. The Morgan fingerprint density at radius 3 is 2.77 bits per heavy atom. The summed E-state index contributed by atoms with van der Waals surface area (Å²) in [5.41, 5.74) is 0.962. The fourth-order valence-electron chi connectivity index (χ4n) is 0.923. The molecule has 0 saturated heterocycles. The highest BCUT2D eigenvalue weighted by atomic mass is 79.9. The van der Waals surface area contributed by atoms with Crippen molar-refractivity contribution in [2.75, 3.05) is 11.9 Å². The van der Waals surface area contributed by atoms with Crippen molar-refractivity contribution in [3.05, 3.63) is 28.7 Å². The van der Waals surface area contributed by atoms with E-state index in [0.29, 0.717) is 13.0 Å². The molecule has 0 saturated carbocycles. The van der Waals surface area contributed by atoms with E-state index in [4.69, 9.17) is 0 Å². The Morgan fingerprint density at radius 2 is 2.15 bits per heavy atom. The molecule has 1 N–H and O–H groups in total. The lowest BCUT2D eigenvalue weighted by molar-refractivity contribution is -0.117. The van der Waals surface area contributed by atoms with E-state index in [1.54, 1.807) is 0 Å². The van der Waals surface area contributed by atoms with Gasteiger partial charge in [0.2, 0.25) is 0 Å². The third-order valence-corrected chi connectivity index (χ3v) is 2.44. The number of para-hydroxylation sites is 1. The summed E-state index contributed by atoms with van der Waals surface area (Å²) in [6.45, 7) is 2.27. The summed E-state index contributed by atoms with van der Waals surface area (Å²) in [4.78, 5) is 11.0. The molecule has 0 aliphatic carbocycles. The first-order chi connectivity index (χ1) is 6.24. The monoisotopic (exact) mass is 241 g/mol. The zero-order chi connectivity index (χ0) is 9.68. The summed E-state index contributed by atoms with van der Waals surface area (Å²) in [7, 11) is 0. The van der Waals surface area contributed by atoms with Gasteiger partial charge in [-0.15, -0.1) is 0 Å². The van der Waals surface area contributed by atoms with E-state index in [9.17, 15) is 4.79 Å². The molecule has 0 unspecified atom stereocenters. The van der Waals surface area contributed by atoms with Gasteiger partial charge < -0.3 is 5.32 Å². The highest BCUT2D eigenvalue weighted by Crippen LogP contribution is 2.20. The van der Waals surface area contributed by atoms with Gasteiger partial charge in [0.25, 0.3) is 0 Å². The lowest BCUT2D eigenvalue weighted by Gasteiger charge is -2.06. The number of hydrogen-bond donors (Lipinski definition) is 1. The molecule has 0 fully saturated rings. The van der Waals surface area contributed by atoms with E-state index in [1.807, 2.05) is 31.2 Å². The van der Waals surface area contributed by atoms with Gasteiger partial charge >= 0.3 is 0 Å².